The van der Waals surface area contributed by atoms with Gasteiger partial charge in [-0.05, 0) is 30.0 Å². The largest absolute Gasteiger partial charge is 0.480 e. The first-order valence-electron chi connectivity index (χ1n) is 5.72. The van der Waals surface area contributed by atoms with Crippen molar-refractivity contribution < 1.29 is 14.7 Å². The minimum absolute atomic E-state index is 0.328. The molecule has 0 heterocycles. The topological polar surface area (TPSA) is 92.4 Å². The van der Waals surface area contributed by atoms with Crippen LogP contribution in [0.25, 0.3) is 0 Å². The van der Waals surface area contributed by atoms with Crippen LogP contribution in [-0.4, -0.2) is 23.0 Å². The maximum Gasteiger partial charge on any atom is 0.330 e. The van der Waals surface area contributed by atoms with Gasteiger partial charge in [-0.3, -0.25) is 4.79 Å². The normalized spacial score (nSPS) is 12.3. The van der Waals surface area contributed by atoms with Crippen molar-refractivity contribution in [2.75, 3.05) is 5.32 Å². The zero-order chi connectivity index (χ0) is 13.9. The predicted octanol–water partition coefficient (Wildman–Crippen LogP) is 1.47. The molecule has 18 heavy (non-hydrogen) atoms. The quantitative estimate of drug-likeness (QED) is 0.705. The number of hydrogen-bond donors (Lipinski definition) is 3. The summed E-state index contributed by atoms with van der Waals surface area (Å²) in [6.45, 7) is 5.92. The van der Waals surface area contributed by atoms with Crippen LogP contribution in [0.2, 0.25) is 0 Å². The van der Waals surface area contributed by atoms with E-state index in [9.17, 15) is 9.59 Å². The second kappa shape index (κ2) is 5.64. The van der Waals surface area contributed by atoms with Crippen molar-refractivity contribution in [3.8, 4) is 0 Å². The van der Waals surface area contributed by atoms with E-state index >= 15 is 0 Å². The summed E-state index contributed by atoms with van der Waals surface area (Å²) in [5, 5.41) is 11.2. The van der Waals surface area contributed by atoms with Gasteiger partial charge in [0.2, 0.25) is 0 Å². The molecule has 0 saturated heterocycles. The van der Waals surface area contributed by atoms with Gasteiger partial charge in [0.15, 0.2) is 6.04 Å². The average Bonchev–Trinajstić information content (AvgIpc) is 2.30. The maximum atomic E-state index is 11.6. The molecule has 98 valence electrons. The van der Waals surface area contributed by atoms with Gasteiger partial charge in [0, 0.05) is 5.69 Å². The van der Waals surface area contributed by atoms with Crippen molar-refractivity contribution in [3.63, 3.8) is 0 Å². The van der Waals surface area contributed by atoms with Crippen molar-refractivity contribution in [3.05, 3.63) is 29.3 Å². The van der Waals surface area contributed by atoms with Crippen LogP contribution in [0.5, 0.6) is 0 Å². The number of amides is 1. The summed E-state index contributed by atoms with van der Waals surface area (Å²) >= 11 is 0. The molecule has 0 saturated carbocycles. The number of carbonyl (C=O) groups excluding carboxylic acids is 1. The molecule has 0 aliphatic heterocycles. The van der Waals surface area contributed by atoms with E-state index in [4.69, 9.17) is 10.8 Å². The van der Waals surface area contributed by atoms with Gasteiger partial charge in [0.1, 0.15) is 0 Å². The van der Waals surface area contributed by atoms with Crippen molar-refractivity contribution in [1.29, 1.82) is 0 Å². The van der Waals surface area contributed by atoms with Gasteiger partial charge in [-0.15, -0.1) is 0 Å². The van der Waals surface area contributed by atoms with Gasteiger partial charge < -0.3 is 16.2 Å². The van der Waals surface area contributed by atoms with E-state index in [1.807, 2.05) is 39.0 Å². The first-order chi connectivity index (χ1) is 8.32. The number of carbonyl (C=O) groups is 2. The molecule has 1 unspecified atom stereocenters. The Labute approximate surface area is 106 Å². The number of carboxylic acids is 1. The van der Waals surface area contributed by atoms with E-state index in [-0.39, 0.29) is 0 Å². The fourth-order valence-electron chi connectivity index (χ4n) is 1.46. The molecule has 0 spiro atoms. The zero-order valence-electron chi connectivity index (χ0n) is 10.7. The Kier molecular flexibility index (Phi) is 4.44. The van der Waals surface area contributed by atoms with Crippen molar-refractivity contribution in [1.82, 2.24) is 0 Å². The highest BCUT2D eigenvalue weighted by molar-refractivity contribution is 6.07. The van der Waals surface area contributed by atoms with Crippen LogP contribution >= 0.6 is 0 Å². The average molecular weight is 250 g/mol. The number of aliphatic carboxylic acids is 1. The molecular formula is C13H18N2O3. The maximum absolute atomic E-state index is 11.6. The van der Waals surface area contributed by atoms with Crippen LogP contribution in [0.15, 0.2) is 18.2 Å². The van der Waals surface area contributed by atoms with E-state index in [0.29, 0.717) is 11.6 Å². The van der Waals surface area contributed by atoms with Crippen LogP contribution < -0.4 is 11.1 Å². The van der Waals surface area contributed by atoms with Crippen LogP contribution in [0.1, 0.15) is 30.9 Å². The molecule has 0 fully saturated rings. The fraction of sp³-hybridized carbons (Fsp3) is 0.385. The summed E-state index contributed by atoms with van der Waals surface area (Å²) in [7, 11) is 0. The van der Waals surface area contributed by atoms with Crippen LogP contribution in [-0.2, 0) is 9.59 Å². The molecule has 1 rings (SSSR count). The lowest BCUT2D eigenvalue weighted by molar-refractivity contribution is -0.141. The van der Waals surface area contributed by atoms with E-state index in [1.165, 1.54) is 0 Å². The van der Waals surface area contributed by atoms with Crippen LogP contribution in [0.3, 0.4) is 0 Å². The van der Waals surface area contributed by atoms with Gasteiger partial charge in [0.25, 0.3) is 5.91 Å². The Morgan fingerprint density at radius 3 is 2.44 bits per heavy atom. The van der Waals surface area contributed by atoms with Gasteiger partial charge in [-0.1, -0.05) is 26.0 Å². The fourth-order valence-corrected chi connectivity index (χ4v) is 1.46. The predicted molar refractivity (Wildman–Crippen MR) is 69.5 cm³/mol. The highest BCUT2D eigenvalue weighted by atomic mass is 16.4. The molecule has 5 nitrogen and oxygen atoms in total. The highest BCUT2D eigenvalue weighted by Crippen LogP contribution is 2.22. The summed E-state index contributed by atoms with van der Waals surface area (Å²) in [6, 6.07) is 4.16. The number of anilines is 1. The van der Waals surface area contributed by atoms with Gasteiger partial charge >= 0.3 is 5.97 Å². The summed E-state index contributed by atoms with van der Waals surface area (Å²) in [6.07, 6.45) is 0. The molecule has 5 heteroatoms. The summed E-state index contributed by atoms with van der Waals surface area (Å²) < 4.78 is 0. The number of nitrogens with two attached hydrogens (primary N) is 1. The molecule has 0 aromatic heterocycles. The second-order valence-corrected chi connectivity index (χ2v) is 4.53. The van der Waals surface area contributed by atoms with E-state index < -0.39 is 17.9 Å². The molecule has 4 N–H and O–H groups in total. The summed E-state index contributed by atoms with van der Waals surface area (Å²) in [5.74, 6) is -1.73. The Morgan fingerprint density at radius 1 is 1.33 bits per heavy atom. The lowest BCUT2D eigenvalue weighted by atomic mass is 10.0. The van der Waals surface area contributed by atoms with Crippen LogP contribution in [0.4, 0.5) is 5.69 Å². The molecule has 0 aliphatic carbocycles. The molecule has 0 radical (unpaired) electrons. The van der Waals surface area contributed by atoms with Crippen molar-refractivity contribution in [2.24, 2.45) is 5.73 Å². The van der Waals surface area contributed by atoms with Crippen LogP contribution in [0, 0.1) is 6.92 Å². The summed E-state index contributed by atoms with van der Waals surface area (Å²) in [4.78, 5) is 22.2. The minimum Gasteiger partial charge on any atom is -0.480 e. The van der Waals surface area contributed by atoms with E-state index in [1.54, 1.807) is 0 Å². The van der Waals surface area contributed by atoms with E-state index in [2.05, 4.69) is 5.32 Å². The van der Waals surface area contributed by atoms with Gasteiger partial charge in [0.05, 0.1) is 0 Å². The molecule has 1 aromatic carbocycles. The SMILES string of the molecule is Cc1ccc(C(C)C)cc1NC(=O)C(N)C(=O)O. The summed E-state index contributed by atoms with van der Waals surface area (Å²) in [5.41, 5.74) is 7.78. The Hall–Kier alpha value is -1.88. The van der Waals surface area contributed by atoms with Crippen molar-refractivity contribution in [2.45, 2.75) is 32.7 Å². The molecule has 0 bridgehead atoms. The highest BCUT2D eigenvalue weighted by Gasteiger charge is 2.21. The number of aryl methyl sites for hydroxylation is 1. The monoisotopic (exact) mass is 250 g/mol. The first-order valence-corrected chi connectivity index (χ1v) is 5.72. The second-order valence-electron chi connectivity index (χ2n) is 4.53. The third-order valence-electron chi connectivity index (χ3n) is 2.73. The number of nitrogens with one attached hydrogen (secondary N) is 1. The van der Waals surface area contributed by atoms with E-state index in [0.717, 1.165) is 11.1 Å². The van der Waals surface area contributed by atoms with Crippen molar-refractivity contribution >= 4 is 17.6 Å². The Balaban J connectivity index is 2.93. The number of hydrogen-bond acceptors (Lipinski definition) is 3. The number of benzene rings is 1. The van der Waals surface area contributed by atoms with Gasteiger partial charge in [-0.2, -0.15) is 0 Å². The first kappa shape index (κ1) is 14.2. The molecule has 1 atom stereocenters. The molecular weight excluding hydrogens is 232 g/mol. The molecule has 1 amide bonds. The Morgan fingerprint density at radius 2 is 1.94 bits per heavy atom. The number of rotatable bonds is 4. The lowest BCUT2D eigenvalue weighted by Crippen LogP contribution is -2.42. The Bertz CT molecular complexity index is 469. The minimum atomic E-state index is -1.55. The smallest absolute Gasteiger partial charge is 0.330 e. The lowest BCUT2D eigenvalue weighted by Gasteiger charge is -2.13. The molecule has 1 aromatic rings. The van der Waals surface area contributed by atoms with Gasteiger partial charge in [-0.25, -0.2) is 4.79 Å². The third-order valence-corrected chi connectivity index (χ3v) is 2.73. The molecule has 0 aliphatic rings. The third kappa shape index (κ3) is 3.30. The zero-order valence-corrected chi connectivity index (χ0v) is 10.7. The standard InChI is InChI=1S/C13H18N2O3/c1-7(2)9-5-4-8(3)10(6-9)15-12(16)11(14)13(17)18/h4-7,11H,14H2,1-3H3,(H,15,16)(H,17,18). The number of carboxylic acid groups (broad SMARTS) is 1.